The van der Waals surface area contributed by atoms with Gasteiger partial charge in [-0.05, 0) is 42.2 Å². The smallest absolute Gasteiger partial charge is 0.231 e. The molecule has 0 amide bonds. The average molecular weight is 314 g/mol. The van der Waals surface area contributed by atoms with Gasteiger partial charge in [-0.15, -0.1) is 0 Å². The fourth-order valence-corrected chi connectivity index (χ4v) is 3.74. The molecule has 3 heterocycles. The molecule has 0 bridgehead atoms. The number of nitrogens with zero attached hydrogens (tertiary/aromatic N) is 4. The van der Waals surface area contributed by atoms with Gasteiger partial charge in [0.1, 0.15) is 5.82 Å². The standard InChI is InChI=1S/C20H18N4/c1-3-7-17-15(5-1)10-13-23(17)19-9-12-21-20(22-19)24-14-11-16-6-2-4-8-18(16)24/h1-9,12H,10-11,13-14H2. The van der Waals surface area contributed by atoms with Crippen LogP contribution in [0.2, 0.25) is 0 Å². The van der Waals surface area contributed by atoms with Crippen molar-refractivity contribution in [1.29, 1.82) is 0 Å². The van der Waals surface area contributed by atoms with Gasteiger partial charge in [0.05, 0.1) is 0 Å². The van der Waals surface area contributed by atoms with E-state index in [9.17, 15) is 0 Å². The molecule has 0 fully saturated rings. The number of hydrogen-bond donors (Lipinski definition) is 0. The minimum Gasteiger partial charge on any atom is -0.326 e. The summed E-state index contributed by atoms with van der Waals surface area (Å²) >= 11 is 0. The molecule has 0 saturated carbocycles. The highest BCUT2D eigenvalue weighted by Gasteiger charge is 2.24. The van der Waals surface area contributed by atoms with Crippen LogP contribution in [0.1, 0.15) is 11.1 Å². The van der Waals surface area contributed by atoms with Gasteiger partial charge in [-0.2, -0.15) is 4.98 Å². The summed E-state index contributed by atoms with van der Waals surface area (Å²) < 4.78 is 0. The molecular formula is C20H18N4. The monoisotopic (exact) mass is 314 g/mol. The predicted octanol–water partition coefficient (Wildman–Crippen LogP) is 3.87. The molecule has 1 aromatic heterocycles. The van der Waals surface area contributed by atoms with Crippen molar-refractivity contribution in [3.8, 4) is 0 Å². The normalized spacial score (nSPS) is 15.5. The van der Waals surface area contributed by atoms with E-state index < -0.39 is 0 Å². The number of fused-ring (bicyclic) bond motifs is 2. The molecule has 2 aliphatic heterocycles. The van der Waals surface area contributed by atoms with Crippen LogP contribution in [0.25, 0.3) is 0 Å². The molecule has 0 saturated heterocycles. The lowest BCUT2D eigenvalue weighted by Gasteiger charge is -2.22. The molecule has 0 atom stereocenters. The fourth-order valence-electron chi connectivity index (χ4n) is 3.74. The molecule has 3 aromatic rings. The van der Waals surface area contributed by atoms with Gasteiger partial charge in [0.15, 0.2) is 0 Å². The van der Waals surface area contributed by atoms with Gasteiger partial charge in [0.25, 0.3) is 0 Å². The second-order valence-corrected chi connectivity index (χ2v) is 6.28. The van der Waals surface area contributed by atoms with Gasteiger partial charge in [-0.3, -0.25) is 0 Å². The topological polar surface area (TPSA) is 32.3 Å². The van der Waals surface area contributed by atoms with E-state index in [0.717, 1.165) is 37.7 Å². The molecule has 0 aliphatic carbocycles. The lowest BCUT2D eigenvalue weighted by atomic mass is 10.2. The van der Waals surface area contributed by atoms with Crippen molar-refractivity contribution >= 4 is 23.1 Å². The summed E-state index contributed by atoms with van der Waals surface area (Å²) in [5.74, 6) is 1.77. The quantitative estimate of drug-likeness (QED) is 0.719. The lowest BCUT2D eigenvalue weighted by molar-refractivity contribution is 0.917. The van der Waals surface area contributed by atoms with E-state index in [-0.39, 0.29) is 0 Å². The number of hydrogen-bond acceptors (Lipinski definition) is 4. The number of rotatable bonds is 2. The molecule has 2 aliphatic rings. The first-order valence-electron chi connectivity index (χ1n) is 8.44. The van der Waals surface area contributed by atoms with Crippen molar-refractivity contribution in [1.82, 2.24) is 9.97 Å². The van der Waals surface area contributed by atoms with Crippen LogP contribution in [0.4, 0.5) is 23.1 Å². The Kier molecular flexibility index (Phi) is 3.01. The van der Waals surface area contributed by atoms with E-state index in [1.807, 2.05) is 12.3 Å². The van der Waals surface area contributed by atoms with Crippen molar-refractivity contribution in [2.45, 2.75) is 12.8 Å². The molecule has 0 radical (unpaired) electrons. The maximum absolute atomic E-state index is 4.88. The first kappa shape index (κ1) is 13.5. The molecule has 24 heavy (non-hydrogen) atoms. The van der Waals surface area contributed by atoms with Crippen LogP contribution in [0, 0.1) is 0 Å². The molecular weight excluding hydrogens is 296 g/mol. The van der Waals surface area contributed by atoms with Crippen LogP contribution in [0.3, 0.4) is 0 Å². The first-order chi connectivity index (χ1) is 11.9. The Bertz CT molecular complexity index is 835. The van der Waals surface area contributed by atoms with Crippen molar-refractivity contribution < 1.29 is 0 Å². The van der Waals surface area contributed by atoms with Crippen molar-refractivity contribution in [2.24, 2.45) is 0 Å². The third kappa shape index (κ3) is 2.07. The van der Waals surface area contributed by atoms with Crippen LogP contribution >= 0.6 is 0 Å². The van der Waals surface area contributed by atoms with Crippen molar-refractivity contribution in [2.75, 3.05) is 22.9 Å². The zero-order valence-electron chi connectivity index (χ0n) is 13.4. The molecule has 0 spiro atoms. The van der Waals surface area contributed by atoms with Gasteiger partial charge >= 0.3 is 0 Å². The third-order valence-electron chi connectivity index (χ3n) is 4.92. The fraction of sp³-hybridized carbons (Fsp3) is 0.200. The lowest BCUT2D eigenvalue weighted by Crippen LogP contribution is -2.20. The Morgan fingerprint density at radius 3 is 2.08 bits per heavy atom. The molecule has 2 aromatic carbocycles. The van der Waals surface area contributed by atoms with Gasteiger partial charge in [0.2, 0.25) is 5.95 Å². The highest BCUT2D eigenvalue weighted by Crippen LogP contribution is 2.36. The van der Waals surface area contributed by atoms with E-state index in [2.05, 4.69) is 63.3 Å². The van der Waals surface area contributed by atoms with Crippen LogP contribution in [-0.2, 0) is 12.8 Å². The third-order valence-corrected chi connectivity index (χ3v) is 4.92. The van der Waals surface area contributed by atoms with E-state index in [4.69, 9.17) is 4.98 Å². The Morgan fingerprint density at radius 2 is 1.33 bits per heavy atom. The molecule has 118 valence electrons. The first-order valence-corrected chi connectivity index (χ1v) is 8.44. The zero-order chi connectivity index (χ0) is 15.9. The van der Waals surface area contributed by atoms with E-state index in [1.54, 1.807) is 0 Å². The van der Waals surface area contributed by atoms with Crippen molar-refractivity contribution in [3.05, 3.63) is 71.9 Å². The Morgan fingerprint density at radius 1 is 0.708 bits per heavy atom. The van der Waals surface area contributed by atoms with Crippen molar-refractivity contribution in [3.63, 3.8) is 0 Å². The maximum Gasteiger partial charge on any atom is 0.231 e. The summed E-state index contributed by atoms with van der Waals surface area (Å²) in [7, 11) is 0. The number of aromatic nitrogens is 2. The second-order valence-electron chi connectivity index (χ2n) is 6.28. The summed E-state index contributed by atoms with van der Waals surface area (Å²) in [6.45, 7) is 1.92. The Hall–Kier alpha value is -2.88. The van der Waals surface area contributed by atoms with Gasteiger partial charge in [0, 0.05) is 30.7 Å². The van der Waals surface area contributed by atoms with Crippen LogP contribution in [0.5, 0.6) is 0 Å². The zero-order valence-corrected chi connectivity index (χ0v) is 13.4. The van der Waals surface area contributed by atoms with Gasteiger partial charge < -0.3 is 9.80 Å². The van der Waals surface area contributed by atoms with Gasteiger partial charge in [-0.25, -0.2) is 4.98 Å². The largest absolute Gasteiger partial charge is 0.326 e. The highest BCUT2D eigenvalue weighted by molar-refractivity contribution is 5.70. The summed E-state index contributed by atoms with van der Waals surface area (Å²) in [6.07, 6.45) is 4.00. The SMILES string of the molecule is c1ccc2c(c1)CCN2c1ccnc(N2CCc3ccccc32)n1. The minimum absolute atomic E-state index is 0.793. The molecule has 0 N–H and O–H groups in total. The summed E-state index contributed by atoms with van der Waals surface area (Å²) in [6, 6.07) is 19.1. The molecule has 5 rings (SSSR count). The van der Waals surface area contributed by atoms with Crippen LogP contribution < -0.4 is 9.80 Å². The van der Waals surface area contributed by atoms with Crippen LogP contribution in [0.15, 0.2) is 60.8 Å². The molecule has 4 nitrogen and oxygen atoms in total. The number of anilines is 4. The number of benzene rings is 2. The molecule has 0 unspecified atom stereocenters. The highest BCUT2D eigenvalue weighted by atomic mass is 15.3. The summed E-state index contributed by atoms with van der Waals surface area (Å²) in [5, 5.41) is 0. The van der Waals surface area contributed by atoms with E-state index in [0.29, 0.717) is 0 Å². The summed E-state index contributed by atoms with van der Waals surface area (Å²) in [5.41, 5.74) is 5.27. The van der Waals surface area contributed by atoms with E-state index in [1.165, 1.54) is 22.5 Å². The maximum atomic E-state index is 4.88. The Balaban J connectivity index is 1.52. The average Bonchev–Trinajstić information content (AvgIpc) is 3.26. The molecule has 4 heteroatoms. The second kappa shape index (κ2) is 5.34. The number of para-hydroxylation sites is 2. The summed E-state index contributed by atoms with van der Waals surface area (Å²) in [4.78, 5) is 13.9. The minimum atomic E-state index is 0.793. The van der Waals surface area contributed by atoms with Gasteiger partial charge in [-0.1, -0.05) is 36.4 Å². The van der Waals surface area contributed by atoms with Crippen LogP contribution in [-0.4, -0.2) is 23.1 Å². The van der Waals surface area contributed by atoms with E-state index >= 15 is 0 Å². The predicted molar refractivity (Wildman–Crippen MR) is 96.3 cm³/mol. The Labute approximate surface area is 141 Å².